The fraction of sp³-hybridized carbons (Fsp3) is 0.286. The van der Waals surface area contributed by atoms with E-state index in [0.29, 0.717) is 6.04 Å². The van der Waals surface area contributed by atoms with Crippen molar-refractivity contribution in [1.29, 1.82) is 0 Å². The highest BCUT2D eigenvalue weighted by molar-refractivity contribution is 7.14. The van der Waals surface area contributed by atoms with E-state index in [1.165, 1.54) is 17.7 Å². The third-order valence-corrected chi connectivity index (χ3v) is 3.86. The molecule has 3 rings (SSSR count). The number of nitrogens with zero attached hydrogens (tertiary/aromatic N) is 4. The maximum atomic E-state index is 11.7. The van der Waals surface area contributed by atoms with Gasteiger partial charge in [-0.3, -0.25) is 9.69 Å². The SMILES string of the molecule is CC(=O)N(c1nc(C=Cc2ccncn2)cs1)C1CC1. The minimum atomic E-state index is 0.0631. The van der Waals surface area contributed by atoms with Crippen molar-refractivity contribution in [3.05, 3.63) is 35.4 Å². The van der Waals surface area contributed by atoms with E-state index in [1.54, 1.807) is 18.0 Å². The van der Waals surface area contributed by atoms with Crippen LogP contribution in [0.5, 0.6) is 0 Å². The average molecular weight is 286 g/mol. The number of carbonyl (C=O) groups excluding carboxylic acids is 1. The lowest BCUT2D eigenvalue weighted by atomic mass is 10.3. The van der Waals surface area contributed by atoms with E-state index in [9.17, 15) is 4.79 Å². The molecule has 1 amide bonds. The summed E-state index contributed by atoms with van der Waals surface area (Å²) in [6.07, 6.45) is 9.14. The van der Waals surface area contributed by atoms with Crippen LogP contribution in [0.3, 0.4) is 0 Å². The lowest BCUT2D eigenvalue weighted by molar-refractivity contribution is -0.116. The molecule has 0 atom stereocenters. The maximum Gasteiger partial charge on any atom is 0.225 e. The number of anilines is 1. The molecule has 0 N–H and O–H groups in total. The standard InChI is InChI=1S/C14H14N4OS/c1-10(19)18(13-4-5-13)14-17-12(8-20-14)3-2-11-6-7-15-9-16-11/h2-3,6-9,13H,4-5H2,1H3. The Morgan fingerprint density at radius 1 is 1.40 bits per heavy atom. The molecule has 1 aliphatic carbocycles. The Balaban J connectivity index is 1.76. The van der Waals surface area contributed by atoms with Crippen LogP contribution in [0.2, 0.25) is 0 Å². The summed E-state index contributed by atoms with van der Waals surface area (Å²) >= 11 is 1.50. The van der Waals surface area contributed by atoms with Gasteiger partial charge in [-0.25, -0.2) is 15.0 Å². The molecule has 2 aromatic heterocycles. The van der Waals surface area contributed by atoms with Crippen LogP contribution in [0.25, 0.3) is 12.2 Å². The molecule has 2 heterocycles. The Kier molecular flexibility index (Phi) is 3.56. The van der Waals surface area contributed by atoms with Crippen molar-refractivity contribution >= 4 is 34.5 Å². The average Bonchev–Trinajstić information content (AvgIpc) is 3.16. The zero-order chi connectivity index (χ0) is 13.9. The second kappa shape index (κ2) is 5.50. The van der Waals surface area contributed by atoms with Crippen LogP contribution in [0.1, 0.15) is 31.2 Å². The Hall–Kier alpha value is -2.08. The summed E-state index contributed by atoms with van der Waals surface area (Å²) < 4.78 is 0. The summed E-state index contributed by atoms with van der Waals surface area (Å²) in [5.74, 6) is 0.0631. The predicted octanol–water partition coefficient (Wildman–Crippen LogP) is 2.62. The zero-order valence-corrected chi connectivity index (χ0v) is 11.9. The molecule has 102 valence electrons. The number of rotatable bonds is 4. The first-order valence-corrected chi connectivity index (χ1v) is 7.31. The Morgan fingerprint density at radius 3 is 2.85 bits per heavy atom. The molecule has 0 radical (unpaired) electrons. The Morgan fingerprint density at radius 2 is 2.20 bits per heavy atom. The summed E-state index contributed by atoms with van der Waals surface area (Å²) in [4.78, 5) is 26.0. The molecule has 0 aliphatic heterocycles. The van der Waals surface area contributed by atoms with E-state index in [0.717, 1.165) is 29.4 Å². The quantitative estimate of drug-likeness (QED) is 0.867. The van der Waals surface area contributed by atoms with Gasteiger partial charge in [0.2, 0.25) is 5.91 Å². The van der Waals surface area contributed by atoms with Crippen LogP contribution < -0.4 is 4.90 Å². The van der Waals surface area contributed by atoms with E-state index in [2.05, 4.69) is 15.0 Å². The van der Waals surface area contributed by atoms with Crippen LogP contribution in [0.4, 0.5) is 5.13 Å². The number of amides is 1. The van der Waals surface area contributed by atoms with Crippen molar-refractivity contribution in [2.45, 2.75) is 25.8 Å². The van der Waals surface area contributed by atoms with Gasteiger partial charge >= 0.3 is 0 Å². The summed E-state index contributed by atoms with van der Waals surface area (Å²) in [6, 6.07) is 2.17. The molecule has 6 heteroatoms. The molecule has 5 nitrogen and oxygen atoms in total. The first-order chi connectivity index (χ1) is 9.74. The van der Waals surface area contributed by atoms with Crippen LogP contribution in [0, 0.1) is 0 Å². The van der Waals surface area contributed by atoms with Gasteiger partial charge in [-0.2, -0.15) is 0 Å². The van der Waals surface area contributed by atoms with Gasteiger partial charge in [-0.05, 0) is 31.1 Å². The van der Waals surface area contributed by atoms with Gasteiger partial charge in [0.1, 0.15) is 6.33 Å². The summed E-state index contributed by atoms with van der Waals surface area (Å²) in [5.41, 5.74) is 1.68. The fourth-order valence-electron chi connectivity index (χ4n) is 1.91. The fourth-order valence-corrected chi connectivity index (χ4v) is 2.82. The normalized spacial score (nSPS) is 14.7. The third kappa shape index (κ3) is 2.91. The third-order valence-electron chi connectivity index (χ3n) is 3.00. The molecule has 0 bridgehead atoms. The highest BCUT2D eigenvalue weighted by Gasteiger charge is 2.33. The largest absolute Gasteiger partial charge is 0.285 e. The number of hydrogen-bond acceptors (Lipinski definition) is 5. The maximum absolute atomic E-state index is 11.7. The summed E-state index contributed by atoms with van der Waals surface area (Å²) in [5, 5.41) is 2.73. The Bertz CT molecular complexity index is 634. The number of hydrogen-bond donors (Lipinski definition) is 0. The molecule has 2 aromatic rings. The molecule has 1 saturated carbocycles. The van der Waals surface area contributed by atoms with Crippen LogP contribution in [-0.2, 0) is 4.79 Å². The van der Waals surface area contributed by atoms with Crippen molar-refractivity contribution in [2.75, 3.05) is 4.90 Å². The molecular weight excluding hydrogens is 272 g/mol. The monoisotopic (exact) mass is 286 g/mol. The number of carbonyl (C=O) groups is 1. The van der Waals surface area contributed by atoms with Crippen molar-refractivity contribution in [3.63, 3.8) is 0 Å². The molecule has 1 fully saturated rings. The van der Waals surface area contributed by atoms with Gasteiger partial charge in [0.05, 0.1) is 11.4 Å². The topological polar surface area (TPSA) is 59.0 Å². The van der Waals surface area contributed by atoms with E-state index in [1.807, 2.05) is 23.6 Å². The summed E-state index contributed by atoms with van der Waals surface area (Å²) in [7, 11) is 0. The van der Waals surface area contributed by atoms with E-state index >= 15 is 0 Å². The molecule has 20 heavy (non-hydrogen) atoms. The van der Waals surface area contributed by atoms with E-state index < -0.39 is 0 Å². The highest BCUT2D eigenvalue weighted by Crippen LogP contribution is 2.33. The molecule has 0 aromatic carbocycles. The molecule has 0 spiro atoms. The number of thiazole rings is 1. The zero-order valence-electron chi connectivity index (χ0n) is 11.1. The van der Waals surface area contributed by atoms with E-state index in [4.69, 9.17) is 0 Å². The van der Waals surface area contributed by atoms with Crippen molar-refractivity contribution in [3.8, 4) is 0 Å². The van der Waals surface area contributed by atoms with Gasteiger partial charge in [0.15, 0.2) is 5.13 Å². The first kappa shape index (κ1) is 12.9. The van der Waals surface area contributed by atoms with Crippen molar-refractivity contribution in [1.82, 2.24) is 15.0 Å². The molecule has 1 aliphatic rings. The second-order valence-corrected chi connectivity index (χ2v) is 5.48. The van der Waals surface area contributed by atoms with E-state index in [-0.39, 0.29) is 5.91 Å². The lowest BCUT2D eigenvalue weighted by Gasteiger charge is -2.16. The Labute approximate surface area is 121 Å². The van der Waals surface area contributed by atoms with Crippen LogP contribution in [-0.4, -0.2) is 26.9 Å². The first-order valence-electron chi connectivity index (χ1n) is 6.43. The smallest absolute Gasteiger partial charge is 0.225 e. The lowest BCUT2D eigenvalue weighted by Crippen LogP contribution is -2.30. The van der Waals surface area contributed by atoms with Gasteiger partial charge in [0.25, 0.3) is 0 Å². The highest BCUT2D eigenvalue weighted by atomic mass is 32.1. The predicted molar refractivity (Wildman–Crippen MR) is 79.3 cm³/mol. The van der Waals surface area contributed by atoms with Gasteiger partial charge in [-0.1, -0.05) is 0 Å². The van der Waals surface area contributed by atoms with Gasteiger partial charge in [-0.15, -0.1) is 11.3 Å². The number of aromatic nitrogens is 3. The van der Waals surface area contributed by atoms with Crippen molar-refractivity contribution in [2.24, 2.45) is 0 Å². The minimum absolute atomic E-state index is 0.0631. The van der Waals surface area contributed by atoms with Crippen LogP contribution >= 0.6 is 11.3 Å². The summed E-state index contributed by atoms with van der Waals surface area (Å²) in [6.45, 7) is 1.59. The van der Waals surface area contributed by atoms with Crippen LogP contribution in [0.15, 0.2) is 24.0 Å². The molecular formula is C14H14N4OS. The van der Waals surface area contributed by atoms with Gasteiger partial charge in [0, 0.05) is 24.5 Å². The van der Waals surface area contributed by atoms with Gasteiger partial charge < -0.3 is 0 Å². The second-order valence-electron chi connectivity index (χ2n) is 4.64. The molecule has 0 unspecified atom stereocenters. The minimum Gasteiger partial charge on any atom is -0.285 e. The molecule has 0 saturated heterocycles. The van der Waals surface area contributed by atoms with Crippen molar-refractivity contribution < 1.29 is 4.79 Å².